The molecule has 0 saturated heterocycles. The monoisotopic (exact) mass is 181 g/mol. The smallest absolute Gasteiger partial charge is 0.0434 e. The number of aliphatic hydroxyl groups excluding tert-OH is 1. The van der Waals surface area contributed by atoms with E-state index in [-0.39, 0.29) is 6.61 Å². The minimum atomic E-state index is 0.244. The van der Waals surface area contributed by atoms with Crippen LogP contribution in [0.3, 0.4) is 0 Å². The van der Waals surface area contributed by atoms with Gasteiger partial charge in [0.05, 0.1) is 0 Å². The van der Waals surface area contributed by atoms with Gasteiger partial charge < -0.3 is 5.11 Å². The molecular weight excluding hydrogens is 162 g/mol. The van der Waals surface area contributed by atoms with Crippen LogP contribution in [0.1, 0.15) is 33.6 Å². The lowest BCUT2D eigenvalue weighted by Crippen LogP contribution is -1.89. The Morgan fingerprint density at radius 3 is 2.46 bits per heavy atom. The number of allylic oxidation sites excluding steroid dienone is 4. The summed E-state index contributed by atoms with van der Waals surface area (Å²) in [7, 11) is 0. The minimum absolute atomic E-state index is 0.244. The molecule has 2 nitrogen and oxygen atoms in total. The summed E-state index contributed by atoms with van der Waals surface area (Å²) >= 11 is 0. The van der Waals surface area contributed by atoms with Gasteiger partial charge in [-0.05, 0) is 39.2 Å². The Kier molecular flexibility index (Phi) is 7.21. The van der Waals surface area contributed by atoms with E-state index in [2.05, 4.69) is 4.99 Å². The third-order valence-corrected chi connectivity index (χ3v) is 1.85. The van der Waals surface area contributed by atoms with Gasteiger partial charge in [0, 0.05) is 18.5 Å². The first-order valence-electron chi connectivity index (χ1n) is 4.67. The molecule has 74 valence electrons. The molecule has 0 aromatic rings. The first-order chi connectivity index (χ1) is 6.24. The van der Waals surface area contributed by atoms with Gasteiger partial charge in [0.2, 0.25) is 0 Å². The molecule has 0 aliphatic rings. The Bertz CT molecular complexity index is 214. The van der Waals surface area contributed by atoms with Gasteiger partial charge in [-0.3, -0.25) is 4.99 Å². The fourth-order valence-corrected chi connectivity index (χ4v) is 0.826. The Morgan fingerprint density at radius 2 is 2.00 bits per heavy atom. The van der Waals surface area contributed by atoms with E-state index < -0.39 is 0 Å². The lowest BCUT2D eigenvalue weighted by Gasteiger charge is -1.98. The molecule has 0 aliphatic heterocycles. The number of rotatable bonds is 5. The number of nitrogens with zero attached hydrogens (tertiary/aromatic N) is 1. The SMILES string of the molecule is C\C=C(/C=N\C(C)=C/C)CCCO. The molecule has 0 saturated carbocycles. The summed E-state index contributed by atoms with van der Waals surface area (Å²) in [5, 5.41) is 8.65. The van der Waals surface area contributed by atoms with E-state index in [0.717, 1.165) is 18.5 Å². The van der Waals surface area contributed by atoms with Crippen molar-refractivity contribution in [2.45, 2.75) is 33.6 Å². The normalized spacial score (nSPS) is 14.2. The molecule has 0 amide bonds. The largest absolute Gasteiger partial charge is 0.396 e. The van der Waals surface area contributed by atoms with Gasteiger partial charge in [0.25, 0.3) is 0 Å². The fourth-order valence-electron chi connectivity index (χ4n) is 0.826. The molecule has 0 aromatic carbocycles. The maximum atomic E-state index is 8.65. The summed E-state index contributed by atoms with van der Waals surface area (Å²) in [6, 6.07) is 0. The average molecular weight is 181 g/mol. The third-order valence-electron chi connectivity index (χ3n) is 1.85. The molecule has 0 fully saturated rings. The highest BCUT2D eigenvalue weighted by Gasteiger charge is 1.91. The van der Waals surface area contributed by atoms with Crippen LogP contribution in [0.25, 0.3) is 0 Å². The van der Waals surface area contributed by atoms with Crippen LogP contribution in [0.5, 0.6) is 0 Å². The summed E-state index contributed by atoms with van der Waals surface area (Å²) in [5.41, 5.74) is 2.19. The minimum Gasteiger partial charge on any atom is -0.396 e. The van der Waals surface area contributed by atoms with Crippen molar-refractivity contribution in [2.75, 3.05) is 6.61 Å². The van der Waals surface area contributed by atoms with Crippen LogP contribution in [0, 0.1) is 0 Å². The second-order valence-electron chi connectivity index (χ2n) is 2.88. The van der Waals surface area contributed by atoms with Crippen LogP contribution in [-0.2, 0) is 0 Å². The van der Waals surface area contributed by atoms with Gasteiger partial charge in [0.15, 0.2) is 0 Å². The van der Waals surface area contributed by atoms with Crippen LogP contribution in [-0.4, -0.2) is 17.9 Å². The van der Waals surface area contributed by atoms with Gasteiger partial charge in [-0.1, -0.05) is 12.2 Å². The Labute approximate surface area is 80.7 Å². The molecule has 0 aromatic heterocycles. The van der Waals surface area contributed by atoms with Crippen molar-refractivity contribution in [1.29, 1.82) is 0 Å². The topological polar surface area (TPSA) is 32.6 Å². The summed E-state index contributed by atoms with van der Waals surface area (Å²) < 4.78 is 0. The van der Waals surface area contributed by atoms with Crippen LogP contribution < -0.4 is 0 Å². The van der Waals surface area contributed by atoms with Crippen molar-refractivity contribution in [3.8, 4) is 0 Å². The van der Waals surface area contributed by atoms with Crippen molar-refractivity contribution < 1.29 is 5.11 Å². The zero-order valence-electron chi connectivity index (χ0n) is 8.75. The van der Waals surface area contributed by atoms with Gasteiger partial charge in [-0.2, -0.15) is 0 Å². The molecule has 0 spiro atoms. The van der Waals surface area contributed by atoms with Crippen LogP contribution in [0.4, 0.5) is 0 Å². The lowest BCUT2D eigenvalue weighted by molar-refractivity contribution is 0.289. The second-order valence-corrected chi connectivity index (χ2v) is 2.88. The van der Waals surface area contributed by atoms with E-state index in [0.29, 0.717) is 0 Å². The highest BCUT2D eigenvalue weighted by Crippen LogP contribution is 2.03. The van der Waals surface area contributed by atoms with Crippen molar-refractivity contribution >= 4 is 6.21 Å². The van der Waals surface area contributed by atoms with E-state index in [1.54, 1.807) is 0 Å². The Hall–Kier alpha value is -0.890. The number of hydrogen-bond acceptors (Lipinski definition) is 2. The van der Waals surface area contributed by atoms with E-state index in [1.807, 2.05) is 39.1 Å². The maximum Gasteiger partial charge on any atom is 0.0434 e. The summed E-state index contributed by atoms with van der Waals surface area (Å²) in [6.07, 6.45) is 7.57. The van der Waals surface area contributed by atoms with Crippen LogP contribution >= 0.6 is 0 Å². The van der Waals surface area contributed by atoms with Gasteiger partial charge >= 0.3 is 0 Å². The average Bonchev–Trinajstić information content (AvgIpc) is 2.17. The molecule has 1 N–H and O–H groups in total. The van der Waals surface area contributed by atoms with Crippen molar-refractivity contribution in [2.24, 2.45) is 4.99 Å². The molecule has 0 aliphatic carbocycles. The van der Waals surface area contributed by atoms with Crippen molar-refractivity contribution in [3.63, 3.8) is 0 Å². The highest BCUT2D eigenvalue weighted by molar-refractivity contribution is 5.79. The molecule has 0 bridgehead atoms. The first kappa shape index (κ1) is 12.1. The maximum absolute atomic E-state index is 8.65. The predicted octanol–water partition coefficient (Wildman–Crippen LogP) is 2.70. The van der Waals surface area contributed by atoms with E-state index in [4.69, 9.17) is 5.11 Å². The first-order valence-corrected chi connectivity index (χ1v) is 4.67. The summed E-state index contributed by atoms with van der Waals surface area (Å²) in [5.74, 6) is 0. The standard InChI is InChI=1S/C11H19NO/c1-4-10(3)12-9-11(5-2)7-6-8-13/h4-5,9,13H,6-8H2,1-3H3/b10-4-,11-5-,12-9-. The molecule has 0 radical (unpaired) electrons. The Balaban J connectivity index is 4.06. The van der Waals surface area contributed by atoms with E-state index in [1.165, 1.54) is 5.57 Å². The lowest BCUT2D eigenvalue weighted by atomic mass is 10.1. The zero-order valence-corrected chi connectivity index (χ0v) is 8.75. The highest BCUT2D eigenvalue weighted by atomic mass is 16.2. The molecule has 0 unspecified atom stereocenters. The van der Waals surface area contributed by atoms with E-state index >= 15 is 0 Å². The zero-order chi connectivity index (χ0) is 10.1. The number of aliphatic imine (C=N–C) groups is 1. The number of aliphatic hydroxyl groups is 1. The van der Waals surface area contributed by atoms with E-state index in [9.17, 15) is 0 Å². The molecule has 0 atom stereocenters. The van der Waals surface area contributed by atoms with Gasteiger partial charge in [-0.25, -0.2) is 0 Å². The van der Waals surface area contributed by atoms with Crippen LogP contribution in [0.15, 0.2) is 28.4 Å². The van der Waals surface area contributed by atoms with Crippen molar-refractivity contribution in [3.05, 3.63) is 23.4 Å². The Morgan fingerprint density at radius 1 is 1.31 bits per heavy atom. The quantitative estimate of drug-likeness (QED) is 0.650. The number of hydrogen-bond donors (Lipinski definition) is 1. The fraction of sp³-hybridized carbons (Fsp3) is 0.545. The van der Waals surface area contributed by atoms with Gasteiger partial charge in [-0.15, -0.1) is 0 Å². The third kappa shape index (κ3) is 6.29. The van der Waals surface area contributed by atoms with Gasteiger partial charge in [0.1, 0.15) is 0 Å². The van der Waals surface area contributed by atoms with Crippen molar-refractivity contribution in [1.82, 2.24) is 0 Å². The second kappa shape index (κ2) is 7.74. The molecule has 2 heteroatoms. The summed E-state index contributed by atoms with van der Waals surface area (Å²) in [6.45, 7) is 6.17. The van der Waals surface area contributed by atoms with Crippen LogP contribution in [0.2, 0.25) is 0 Å². The summed E-state index contributed by atoms with van der Waals surface area (Å²) in [4.78, 5) is 4.25. The molecule has 0 heterocycles. The molecule has 13 heavy (non-hydrogen) atoms. The molecule has 0 rings (SSSR count). The predicted molar refractivity (Wildman–Crippen MR) is 58.0 cm³/mol. The molecular formula is C11H19NO.